The summed E-state index contributed by atoms with van der Waals surface area (Å²) in [5.74, 6) is 1.31. The molecule has 0 radical (unpaired) electrons. The molecule has 4 heteroatoms. The van der Waals surface area contributed by atoms with Crippen LogP contribution in [0.15, 0.2) is 78.9 Å². The van der Waals surface area contributed by atoms with Crippen molar-refractivity contribution in [2.45, 2.75) is 51.4 Å². The predicted octanol–water partition coefficient (Wildman–Crippen LogP) is 6.08. The van der Waals surface area contributed by atoms with E-state index in [-0.39, 0.29) is 17.6 Å². The standard InChI is InChI=1S/C27H29NO3/c1-3-27(4-2)18-23(21-14-8-11-17-25(21)31-27)28-26(29)22-15-9-10-16-24(22)30-19-20-12-6-5-7-13-20/h5-17,23H,3-4,18-19H2,1-2H3,(H,28,29). The zero-order chi connectivity index (χ0) is 21.7. The maximum absolute atomic E-state index is 13.3. The van der Waals surface area contributed by atoms with Crippen LogP contribution in [-0.4, -0.2) is 11.5 Å². The van der Waals surface area contributed by atoms with Crippen molar-refractivity contribution in [3.05, 3.63) is 95.6 Å². The fourth-order valence-corrected chi connectivity index (χ4v) is 4.18. The van der Waals surface area contributed by atoms with Gasteiger partial charge in [0, 0.05) is 12.0 Å². The molecule has 1 atom stereocenters. The second-order valence-corrected chi connectivity index (χ2v) is 8.03. The number of carbonyl (C=O) groups is 1. The number of benzene rings is 3. The third-order valence-electron chi connectivity index (χ3n) is 6.16. The van der Waals surface area contributed by atoms with Crippen molar-refractivity contribution in [2.24, 2.45) is 0 Å². The minimum absolute atomic E-state index is 0.112. The highest BCUT2D eigenvalue weighted by Gasteiger charge is 2.39. The van der Waals surface area contributed by atoms with Crippen molar-refractivity contribution >= 4 is 5.91 Å². The molecule has 1 amide bonds. The largest absolute Gasteiger partial charge is 0.488 e. The van der Waals surface area contributed by atoms with E-state index in [0.29, 0.717) is 17.9 Å². The van der Waals surface area contributed by atoms with Gasteiger partial charge in [0.2, 0.25) is 0 Å². The normalized spacial score (nSPS) is 16.6. The van der Waals surface area contributed by atoms with E-state index < -0.39 is 0 Å². The van der Waals surface area contributed by atoms with Crippen LogP contribution in [0.1, 0.15) is 60.6 Å². The number of para-hydroxylation sites is 2. The number of hydrogen-bond acceptors (Lipinski definition) is 3. The molecule has 0 saturated heterocycles. The van der Waals surface area contributed by atoms with E-state index >= 15 is 0 Å². The smallest absolute Gasteiger partial charge is 0.255 e. The second kappa shape index (κ2) is 9.25. The first-order valence-electron chi connectivity index (χ1n) is 11.0. The number of hydrogen-bond donors (Lipinski definition) is 1. The fraction of sp³-hybridized carbons (Fsp3) is 0.296. The number of rotatable bonds is 7. The maximum atomic E-state index is 13.3. The van der Waals surface area contributed by atoms with E-state index in [2.05, 4.69) is 19.2 Å². The number of ether oxygens (including phenoxy) is 2. The van der Waals surface area contributed by atoms with E-state index in [1.807, 2.05) is 78.9 Å². The summed E-state index contributed by atoms with van der Waals surface area (Å²) in [7, 11) is 0. The van der Waals surface area contributed by atoms with E-state index in [0.717, 1.165) is 36.1 Å². The Labute approximate surface area is 184 Å². The first-order chi connectivity index (χ1) is 15.1. The van der Waals surface area contributed by atoms with Crippen LogP contribution in [0.4, 0.5) is 0 Å². The molecule has 0 bridgehead atoms. The van der Waals surface area contributed by atoms with Crippen LogP contribution < -0.4 is 14.8 Å². The SMILES string of the molecule is CCC1(CC)CC(NC(=O)c2ccccc2OCc2ccccc2)c2ccccc2O1. The molecule has 0 spiro atoms. The number of nitrogens with one attached hydrogen (secondary N) is 1. The highest BCUT2D eigenvalue weighted by molar-refractivity contribution is 5.97. The molecule has 4 rings (SSSR count). The number of amides is 1. The second-order valence-electron chi connectivity index (χ2n) is 8.03. The summed E-state index contributed by atoms with van der Waals surface area (Å²) in [5, 5.41) is 3.25. The summed E-state index contributed by atoms with van der Waals surface area (Å²) in [5.41, 5.74) is 2.36. The Hall–Kier alpha value is -3.27. The molecule has 0 fully saturated rings. The lowest BCUT2D eigenvalue weighted by Crippen LogP contribution is -2.44. The van der Waals surface area contributed by atoms with Crippen LogP contribution in [-0.2, 0) is 6.61 Å². The van der Waals surface area contributed by atoms with Gasteiger partial charge >= 0.3 is 0 Å². The molecule has 0 saturated carbocycles. The molecule has 0 aromatic heterocycles. The van der Waals surface area contributed by atoms with E-state index in [9.17, 15) is 4.79 Å². The van der Waals surface area contributed by atoms with Crippen molar-refractivity contribution in [1.82, 2.24) is 5.32 Å². The van der Waals surface area contributed by atoms with Gasteiger partial charge in [-0.05, 0) is 36.6 Å². The predicted molar refractivity (Wildman–Crippen MR) is 122 cm³/mol. The molecule has 4 nitrogen and oxygen atoms in total. The zero-order valence-corrected chi connectivity index (χ0v) is 18.1. The van der Waals surface area contributed by atoms with Gasteiger partial charge in [-0.25, -0.2) is 0 Å². The molecule has 1 N–H and O–H groups in total. The molecular formula is C27H29NO3. The molecule has 1 aliphatic rings. The van der Waals surface area contributed by atoms with Crippen molar-refractivity contribution in [1.29, 1.82) is 0 Å². The van der Waals surface area contributed by atoms with Gasteiger partial charge < -0.3 is 14.8 Å². The molecular weight excluding hydrogens is 386 g/mol. The Morgan fingerprint density at radius 1 is 0.968 bits per heavy atom. The molecule has 0 aliphatic carbocycles. The lowest BCUT2D eigenvalue weighted by molar-refractivity contribution is 0.0227. The van der Waals surface area contributed by atoms with Gasteiger partial charge in [0.25, 0.3) is 5.91 Å². The van der Waals surface area contributed by atoms with Crippen LogP contribution in [0.2, 0.25) is 0 Å². The maximum Gasteiger partial charge on any atom is 0.255 e. The van der Waals surface area contributed by atoms with Crippen LogP contribution in [0.25, 0.3) is 0 Å². The third-order valence-corrected chi connectivity index (χ3v) is 6.16. The Kier molecular flexibility index (Phi) is 6.26. The number of carbonyl (C=O) groups excluding carboxylic acids is 1. The average molecular weight is 416 g/mol. The Balaban J connectivity index is 1.55. The molecule has 1 heterocycles. The minimum atomic E-state index is -0.268. The summed E-state index contributed by atoms with van der Waals surface area (Å²) in [6.45, 7) is 4.70. The first-order valence-corrected chi connectivity index (χ1v) is 11.0. The quantitative estimate of drug-likeness (QED) is 0.509. The van der Waals surface area contributed by atoms with Crippen LogP contribution in [0.5, 0.6) is 11.5 Å². The fourth-order valence-electron chi connectivity index (χ4n) is 4.18. The molecule has 3 aromatic rings. The zero-order valence-electron chi connectivity index (χ0n) is 18.1. The monoisotopic (exact) mass is 415 g/mol. The van der Waals surface area contributed by atoms with Crippen molar-refractivity contribution in [3.8, 4) is 11.5 Å². The molecule has 31 heavy (non-hydrogen) atoms. The summed E-state index contributed by atoms with van der Waals surface area (Å²) >= 11 is 0. The minimum Gasteiger partial charge on any atom is -0.488 e. The first kappa shape index (κ1) is 21.0. The van der Waals surface area contributed by atoms with Gasteiger partial charge in [-0.15, -0.1) is 0 Å². The van der Waals surface area contributed by atoms with Crippen molar-refractivity contribution in [3.63, 3.8) is 0 Å². The van der Waals surface area contributed by atoms with Crippen LogP contribution in [0.3, 0.4) is 0 Å². The van der Waals surface area contributed by atoms with Gasteiger partial charge in [-0.2, -0.15) is 0 Å². The highest BCUT2D eigenvalue weighted by atomic mass is 16.5. The summed E-state index contributed by atoms with van der Waals surface area (Å²) < 4.78 is 12.4. The summed E-state index contributed by atoms with van der Waals surface area (Å²) in [4.78, 5) is 13.3. The lowest BCUT2D eigenvalue weighted by Gasteiger charge is -2.41. The van der Waals surface area contributed by atoms with Crippen molar-refractivity contribution < 1.29 is 14.3 Å². The van der Waals surface area contributed by atoms with Crippen molar-refractivity contribution in [2.75, 3.05) is 0 Å². The van der Waals surface area contributed by atoms with E-state index in [4.69, 9.17) is 9.47 Å². The molecule has 160 valence electrons. The van der Waals surface area contributed by atoms with Gasteiger partial charge in [-0.1, -0.05) is 74.5 Å². The Bertz CT molecular complexity index is 1030. The van der Waals surface area contributed by atoms with Crippen LogP contribution in [0, 0.1) is 0 Å². The third kappa shape index (κ3) is 4.58. The summed E-state index contributed by atoms with van der Waals surface area (Å²) in [6, 6.07) is 25.3. The molecule has 3 aromatic carbocycles. The average Bonchev–Trinajstić information content (AvgIpc) is 2.83. The number of fused-ring (bicyclic) bond motifs is 1. The van der Waals surface area contributed by atoms with E-state index in [1.165, 1.54) is 0 Å². The van der Waals surface area contributed by atoms with Gasteiger partial charge in [0.1, 0.15) is 23.7 Å². The molecule has 1 aliphatic heterocycles. The van der Waals surface area contributed by atoms with Gasteiger partial charge in [0.05, 0.1) is 11.6 Å². The lowest BCUT2D eigenvalue weighted by atomic mass is 9.83. The topological polar surface area (TPSA) is 47.6 Å². The van der Waals surface area contributed by atoms with Gasteiger partial charge in [-0.3, -0.25) is 4.79 Å². The highest BCUT2D eigenvalue weighted by Crippen LogP contribution is 2.42. The van der Waals surface area contributed by atoms with E-state index in [1.54, 1.807) is 0 Å². The summed E-state index contributed by atoms with van der Waals surface area (Å²) in [6.07, 6.45) is 2.53. The van der Waals surface area contributed by atoms with Gasteiger partial charge in [0.15, 0.2) is 0 Å². The Morgan fingerprint density at radius 2 is 1.65 bits per heavy atom. The Morgan fingerprint density at radius 3 is 2.42 bits per heavy atom. The molecule has 1 unspecified atom stereocenters. The van der Waals surface area contributed by atoms with Crippen LogP contribution >= 0.6 is 0 Å².